The first-order chi connectivity index (χ1) is 10.0. The van der Waals surface area contributed by atoms with E-state index in [9.17, 15) is 9.18 Å². The quantitative estimate of drug-likeness (QED) is 0.882. The van der Waals surface area contributed by atoms with Crippen molar-refractivity contribution in [2.75, 3.05) is 0 Å². The third kappa shape index (κ3) is 4.60. The highest BCUT2D eigenvalue weighted by molar-refractivity contribution is 5.69. The minimum absolute atomic E-state index is 0.268. The monoisotopic (exact) mass is 288 g/mol. The number of hydrogen-bond donors (Lipinski definition) is 1. The van der Waals surface area contributed by atoms with E-state index >= 15 is 0 Å². The van der Waals surface area contributed by atoms with Crippen molar-refractivity contribution in [3.8, 4) is 5.75 Å². The second-order valence-electron chi connectivity index (χ2n) is 5.00. The van der Waals surface area contributed by atoms with Crippen LogP contribution >= 0.6 is 0 Å². The molecule has 0 saturated carbocycles. The van der Waals surface area contributed by atoms with Gasteiger partial charge in [-0.05, 0) is 41.8 Å². The average molecular weight is 288 g/mol. The summed E-state index contributed by atoms with van der Waals surface area (Å²) < 4.78 is 18.4. The Hall–Kier alpha value is -2.36. The van der Waals surface area contributed by atoms with E-state index in [0.717, 1.165) is 11.1 Å². The van der Waals surface area contributed by atoms with Gasteiger partial charge < -0.3 is 9.84 Å². The number of hydrogen-bond acceptors (Lipinski definition) is 2. The Morgan fingerprint density at radius 1 is 1.10 bits per heavy atom. The van der Waals surface area contributed by atoms with Gasteiger partial charge in [0.2, 0.25) is 0 Å². The van der Waals surface area contributed by atoms with E-state index in [0.29, 0.717) is 18.8 Å². The molecule has 110 valence electrons. The zero-order chi connectivity index (χ0) is 15.2. The Bertz CT molecular complexity index is 590. The minimum Gasteiger partial charge on any atom is -0.489 e. The molecule has 1 atom stereocenters. The molecule has 0 saturated heterocycles. The first-order valence-corrected chi connectivity index (χ1v) is 6.73. The highest BCUT2D eigenvalue weighted by atomic mass is 19.1. The van der Waals surface area contributed by atoms with E-state index in [1.165, 1.54) is 12.1 Å². The van der Waals surface area contributed by atoms with Gasteiger partial charge in [-0.15, -0.1) is 0 Å². The van der Waals surface area contributed by atoms with E-state index in [2.05, 4.69) is 0 Å². The van der Waals surface area contributed by atoms with Crippen LogP contribution in [-0.4, -0.2) is 11.1 Å². The summed E-state index contributed by atoms with van der Waals surface area (Å²) in [4.78, 5) is 10.8. The Kier molecular flexibility index (Phi) is 4.93. The number of ether oxygens (including phenoxy) is 1. The Balaban J connectivity index is 1.90. The molecule has 0 spiro atoms. The predicted molar refractivity (Wildman–Crippen MR) is 77.7 cm³/mol. The highest BCUT2D eigenvalue weighted by Crippen LogP contribution is 2.16. The van der Waals surface area contributed by atoms with Gasteiger partial charge in [0, 0.05) is 0 Å². The van der Waals surface area contributed by atoms with Crippen molar-refractivity contribution in [3.05, 3.63) is 65.5 Å². The van der Waals surface area contributed by atoms with Gasteiger partial charge in [-0.1, -0.05) is 31.2 Å². The lowest BCUT2D eigenvalue weighted by Crippen LogP contribution is -2.12. The number of aliphatic carboxylic acids is 1. The molecule has 0 unspecified atom stereocenters. The molecule has 0 aliphatic rings. The largest absolute Gasteiger partial charge is 0.489 e. The molecule has 0 heterocycles. The zero-order valence-corrected chi connectivity index (χ0v) is 11.8. The minimum atomic E-state index is -0.799. The van der Waals surface area contributed by atoms with Gasteiger partial charge in [-0.3, -0.25) is 4.79 Å². The summed E-state index contributed by atoms with van der Waals surface area (Å²) in [6, 6.07) is 13.5. The lowest BCUT2D eigenvalue weighted by molar-refractivity contribution is -0.141. The lowest BCUT2D eigenvalue weighted by Gasteiger charge is -2.09. The summed E-state index contributed by atoms with van der Waals surface area (Å²) >= 11 is 0. The van der Waals surface area contributed by atoms with Crippen LogP contribution in [-0.2, 0) is 17.8 Å². The summed E-state index contributed by atoms with van der Waals surface area (Å²) in [5.41, 5.74) is 1.85. The molecule has 0 aromatic heterocycles. The lowest BCUT2D eigenvalue weighted by atomic mass is 10.0. The average Bonchev–Trinajstić information content (AvgIpc) is 2.48. The van der Waals surface area contributed by atoms with Crippen LogP contribution in [0.5, 0.6) is 5.75 Å². The molecule has 1 N–H and O–H groups in total. The summed E-state index contributed by atoms with van der Waals surface area (Å²) in [5, 5.41) is 8.88. The maximum absolute atomic E-state index is 12.8. The first kappa shape index (κ1) is 15.0. The van der Waals surface area contributed by atoms with Crippen molar-refractivity contribution < 1.29 is 19.0 Å². The molecule has 0 aliphatic carbocycles. The summed E-state index contributed by atoms with van der Waals surface area (Å²) in [6.07, 6.45) is 0.494. The highest BCUT2D eigenvalue weighted by Gasteiger charge is 2.11. The van der Waals surface area contributed by atoms with Crippen LogP contribution in [0, 0.1) is 11.7 Å². The fraction of sp³-hybridized carbons (Fsp3) is 0.235. The molecular weight excluding hydrogens is 271 g/mol. The van der Waals surface area contributed by atoms with Crippen LogP contribution < -0.4 is 4.74 Å². The second-order valence-corrected chi connectivity index (χ2v) is 5.00. The van der Waals surface area contributed by atoms with Crippen LogP contribution in [0.4, 0.5) is 4.39 Å². The van der Waals surface area contributed by atoms with Crippen molar-refractivity contribution >= 4 is 5.97 Å². The molecule has 0 aliphatic heterocycles. The maximum atomic E-state index is 12.8. The number of carboxylic acid groups (broad SMARTS) is 1. The van der Waals surface area contributed by atoms with Gasteiger partial charge in [0.25, 0.3) is 0 Å². The zero-order valence-electron chi connectivity index (χ0n) is 11.8. The first-order valence-electron chi connectivity index (χ1n) is 6.73. The van der Waals surface area contributed by atoms with Crippen molar-refractivity contribution in [1.29, 1.82) is 0 Å². The van der Waals surface area contributed by atoms with Gasteiger partial charge in [0.1, 0.15) is 18.2 Å². The van der Waals surface area contributed by atoms with Crippen molar-refractivity contribution in [2.45, 2.75) is 20.0 Å². The third-order valence-electron chi connectivity index (χ3n) is 3.21. The van der Waals surface area contributed by atoms with E-state index < -0.39 is 11.9 Å². The molecule has 4 heteroatoms. The maximum Gasteiger partial charge on any atom is 0.306 e. The Morgan fingerprint density at radius 2 is 1.67 bits per heavy atom. The molecule has 2 aromatic rings. The summed E-state index contributed by atoms with van der Waals surface area (Å²) in [7, 11) is 0. The standard InChI is InChI=1S/C17H17FO3/c1-12(17(19)20)10-13-4-8-16(9-5-13)21-11-14-2-6-15(18)7-3-14/h2-9,12H,10-11H2,1H3,(H,19,20)/t12-/m0/s1. The Labute approximate surface area is 123 Å². The second kappa shape index (κ2) is 6.88. The number of halogens is 1. The fourth-order valence-corrected chi connectivity index (χ4v) is 1.91. The number of rotatable bonds is 6. The van der Waals surface area contributed by atoms with Crippen LogP contribution in [0.1, 0.15) is 18.1 Å². The molecule has 2 rings (SSSR count). The molecule has 2 aromatic carbocycles. The smallest absolute Gasteiger partial charge is 0.306 e. The van der Waals surface area contributed by atoms with Gasteiger partial charge >= 0.3 is 5.97 Å². The van der Waals surface area contributed by atoms with E-state index in [1.807, 2.05) is 24.3 Å². The van der Waals surface area contributed by atoms with Crippen LogP contribution in [0.3, 0.4) is 0 Å². The molecular formula is C17H17FO3. The SMILES string of the molecule is C[C@@H](Cc1ccc(OCc2ccc(F)cc2)cc1)C(=O)O. The summed E-state index contributed by atoms with van der Waals surface area (Å²) in [6.45, 7) is 2.05. The third-order valence-corrected chi connectivity index (χ3v) is 3.21. The molecule has 0 amide bonds. The number of carbonyl (C=O) groups is 1. The van der Waals surface area contributed by atoms with Crippen LogP contribution in [0.15, 0.2) is 48.5 Å². The number of benzene rings is 2. The van der Waals surface area contributed by atoms with Crippen molar-refractivity contribution in [2.24, 2.45) is 5.92 Å². The van der Waals surface area contributed by atoms with Gasteiger partial charge in [-0.2, -0.15) is 0 Å². The predicted octanol–water partition coefficient (Wildman–Crippen LogP) is 3.67. The van der Waals surface area contributed by atoms with E-state index in [4.69, 9.17) is 9.84 Å². The molecule has 3 nitrogen and oxygen atoms in total. The van der Waals surface area contributed by atoms with Gasteiger partial charge in [0.05, 0.1) is 5.92 Å². The van der Waals surface area contributed by atoms with Gasteiger partial charge in [-0.25, -0.2) is 4.39 Å². The van der Waals surface area contributed by atoms with Crippen molar-refractivity contribution in [1.82, 2.24) is 0 Å². The normalized spacial score (nSPS) is 11.9. The fourth-order valence-electron chi connectivity index (χ4n) is 1.91. The molecule has 21 heavy (non-hydrogen) atoms. The summed E-state index contributed by atoms with van der Waals surface area (Å²) in [5.74, 6) is -0.774. The number of carboxylic acids is 1. The topological polar surface area (TPSA) is 46.5 Å². The van der Waals surface area contributed by atoms with E-state index in [-0.39, 0.29) is 5.82 Å². The molecule has 0 fully saturated rings. The van der Waals surface area contributed by atoms with Crippen LogP contribution in [0.25, 0.3) is 0 Å². The van der Waals surface area contributed by atoms with Crippen molar-refractivity contribution in [3.63, 3.8) is 0 Å². The Morgan fingerprint density at radius 3 is 2.24 bits per heavy atom. The van der Waals surface area contributed by atoms with Gasteiger partial charge in [0.15, 0.2) is 0 Å². The molecule has 0 bridgehead atoms. The van der Waals surface area contributed by atoms with E-state index in [1.54, 1.807) is 19.1 Å². The van der Waals surface area contributed by atoms with Crippen LogP contribution in [0.2, 0.25) is 0 Å². The molecule has 0 radical (unpaired) electrons.